The molecule has 1 aliphatic rings. The molecule has 2 N–H and O–H groups in total. The van der Waals surface area contributed by atoms with Crippen LogP contribution in [0.15, 0.2) is 36.4 Å². The summed E-state index contributed by atoms with van der Waals surface area (Å²) in [6, 6.07) is 16.3. The third-order valence-corrected chi connectivity index (χ3v) is 5.92. The molecule has 1 aromatic heterocycles. The maximum absolute atomic E-state index is 8.56. The van der Waals surface area contributed by atoms with Crippen molar-refractivity contribution in [1.29, 1.82) is 0 Å². The Kier molecular flexibility index (Phi) is 8.94. The molecular weight excluding hydrogens is 593 g/mol. The summed E-state index contributed by atoms with van der Waals surface area (Å²) in [5.41, 5.74) is 8.62. The Morgan fingerprint density at radius 1 is 0.970 bits per heavy atom. The zero-order valence-electron chi connectivity index (χ0n) is 20.4. The number of hydrogen-bond acceptors (Lipinski definition) is 5. The van der Waals surface area contributed by atoms with Crippen molar-refractivity contribution in [2.75, 3.05) is 7.11 Å². The standard InChI is InChI=1S/C22H21N2O.C5H12O2.Ir/c1-13-14(2)24-21(25-5)20(23-13)15-10-11-17-16-8-6-7-9-18(16)22(3,4)19(17)12-15;1-4(6)3-5(2)7;/h6-9,11-12H,1-5H3;4-7H,3H2,1-2H3;/q-1;;. The van der Waals surface area contributed by atoms with Crippen LogP contribution in [0.25, 0.3) is 22.4 Å². The molecule has 0 bridgehead atoms. The number of ether oxygens (including phenoxy) is 1. The van der Waals surface area contributed by atoms with Gasteiger partial charge in [-0.2, -0.15) is 0 Å². The first-order chi connectivity index (χ1) is 15.1. The van der Waals surface area contributed by atoms with Gasteiger partial charge in [-0.3, -0.25) is 4.98 Å². The van der Waals surface area contributed by atoms with Gasteiger partial charge in [-0.25, -0.2) is 4.98 Å². The van der Waals surface area contributed by atoms with Crippen LogP contribution in [0.2, 0.25) is 0 Å². The fraction of sp³-hybridized carbons (Fsp3) is 0.407. The van der Waals surface area contributed by atoms with E-state index in [1.165, 1.54) is 22.3 Å². The predicted molar refractivity (Wildman–Crippen MR) is 128 cm³/mol. The van der Waals surface area contributed by atoms with Gasteiger partial charge in [0.15, 0.2) is 5.88 Å². The monoisotopic (exact) mass is 626 g/mol. The average molecular weight is 626 g/mol. The molecule has 0 aliphatic heterocycles. The van der Waals surface area contributed by atoms with Crippen molar-refractivity contribution in [3.8, 4) is 28.3 Å². The number of fused-ring (bicyclic) bond motifs is 3. The van der Waals surface area contributed by atoms with E-state index in [1.54, 1.807) is 21.0 Å². The van der Waals surface area contributed by atoms with Crippen LogP contribution >= 0.6 is 0 Å². The summed E-state index contributed by atoms with van der Waals surface area (Å²) in [5, 5.41) is 17.1. The van der Waals surface area contributed by atoms with Crippen LogP contribution in [0, 0.1) is 19.9 Å². The van der Waals surface area contributed by atoms with Crippen molar-refractivity contribution in [3.05, 3.63) is 65.0 Å². The normalized spacial score (nSPS) is 14.7. The zero-order valence-corrected chi connectivity index (χ0v) is 22.8. The van der Waals surface area contributed by atoms with Crippen LogP contribution < -0.4 is 4.74 Å². The van der Waals surface area contributed by atoms with Gasteiger partial charge in [0, 0.05) is 31.5 Å². The van der Waals surface area contributed by atoms with E-state index in [1.807, 2.05) is 13.8 Å². The topological polar surface area (TPSA) is 75.5 Å². The number of nitrogens with zero attached hydrogens (tertiary/aromatic N) is 2. The van der Waals surface area contributed by atoms with E-state index in [2.05, 4.69) is 61.3 Å². The van der Waals surface area contributed by atoms with Gasteiger partial charge in [-0.1, -0.05) is 49.2 Å². The minimum absolute atomic E-state index is 0. The SMILES string of the molecule is CC(O)CC(C)O.COc1nc(C)c(C)nc1-c1[c-]cc2c(c1)C(C)(C)c1ccccc1-2.[Ir]. The first-order valence-electron chi connectivity index (χ1n) is 11.0. The minimum atomic E-state index is -0.375. The van der Waals surface area contributed by atoms with E-state index in [4.69, 9.17) is 19.9 Å². The van der Waals surface area contributed by atoms with Crippen molar-refractivity contribution < 1.29 is 35.1 Å². The molecule has 2 atom stereocenters. The van der Waals surface area contributed by atoms with Crippen molar-refractivity contribution >= 4 is 0 Å². The van der Waals surface area contributed by atoms with Crippen molar-refractivity contribution in [2.24, 2.45) is 0 Å². The molecule has 4 rings (SSSR count). The first-order valence-corrected chi connectivity index (χ1v) is 11.0. The number of rotatable bonds is 4. The van der Waals surface area contributed by atoms with Crippen LogP contribution in [-0.4, -0.2) is 39.5 Å². The van der Waals surface area contributed by atoms with Crippen molar-refractivity contribution in [3.63, 3.8) is 0 Å². The summed E-state index contributed by atoms with van der Waals surface area (Å²) in [6.45, 7) is 11.8. The van der Waals surface area contributed by atoms with Crippen molar-refractivity contribution in [1.82, 2.24) is 9.97 Å². The molecule has 1 aliphatic carbocycles. The molecule has 33 heavy (non-hydrogen) atoms. The van der Waals surface area contributed by atoms with Gasteiger partial charge in [-0.05, 0) is 45.1 Å². The zero-order chi connectivity index (χ0) is 23.6. The molecule has 1 radical (unpaired) electrons. The molecule has 6 heteroatoms. The third kappa shape index (κ3) is 5.70. The van der Waals surface area contributed by atoms with Gasteiger partial charge in [0.25, 0.3) is 0 Å². The van der Waals surface area contributed by atoms with Crippen LogP contribution in [0.5, 0.6) is 5.88 Å². The number of aliphatic hydroxyl groups is 2. The van der Waals surface area contributed by atoms with Crippen molar-refractivity contribution in [2.45, 2.75) is 65.6 Å². The van der Waals surface area contributed by atoms with Gasteiger partial charge in [-0.15, -0.1) is 29.3 Å². The second-order valence-electron chi connectivity index (χ2n) is 9.03. The molecule has 2 aromatic carbocycles. The third-order valence-electron chi connectivity index (χ3n) is 5.92. The molecular formula is C27H33IrN2O3-. The number of aliphatic hydroxyl groups excluding tert-OH is 2. The van der Waals surface area contributed by atoms with Gasteiger partial charge < -0.3 is 14.9 Å². The molecule has 0 saturated carbocycles. The molecule has 5 nitrogen and oxygen atoms in total. The Labute approximate surface area is 210 Å². The maximum atomic E-state index is 8.56. The van der Waals surface area contributed by atoms with E-state index < -0.39 is 0 Å². The smallest absolute Gasteiger partial charge is 0.194 e. The first kappa shape index (κ1) is 27.1. The quantitative estimate of drug-likeness (QED) is 0.399. The van der Waals surface area contributed by atoms with Crippen LogP contribution in [0.3, 0.4) is 0 Å². The summed E-state index contributed by atoms with van der Waals surface area (Å²) in [7, 11) is 1.63. The summed E-state index contributed by atoms with van der Waals surface area (Å²) < 4.78 is 5.48. The second-order valence-corrected chi connectivity index (χ2v) is 9.03. The van der Waals surface area contributed by atoms with E-state index in [0.29, 0.717) is 12.3 Å². The number of aromatic nitrogens is 2. The second kappa shape index (κ2) is 10.9. The summed E-state index contributed by atoms with van der Waals surface area (Å²) in [5.74, 6) is 0.549. The Morgan fingerprint density at radius 2 is 1.58 bits per heavy atom. The fourth-order valence-corrected chi connectivity index (χ4v) is 4.17. The number of benzene rings is 2. The molecule has 2 unspecified atom stereocenters. The predicted octanol–water partition coefficient (Wildman–Crippen LogP) is 5.01. The van der Waals surface area contributed by atoms with E-state index in [0.717, 1.165) is 22.6 Å². The van der Waals surface area contributed by atoms with E-state index in [9.17, 15) is 0 Å². The Morgan fingerprint density at radius 3 is 2.15 bits per heavy atom. The molecule has 3 aromatic rings. The number of aryl methyl sites for hydroxylation is 2. The maximum Gasteiger partial charge on any atom is 0.194 e. The Bertz CT molecular complexity index is 1100. The van der Waals surface area contributed by atoms with E-state index >= 15 is 0 Å². The largest absolute Gasteiger partial charge is 0.486 e. The summed E-state index contributed by atoms with van der Waals surface area (Å²) in [6.07, 6.45) is -0.278. The van der Waals surface area contributed by atoms with Gasteiger partial charge in [0.05, 0.1) is 25.0 Å². The Balaban J connectivity index is 0.000000423. The van der Waals surface area contributed by atoms with Crippen LogP contribution in [0.1, 0.15) is 56.6 Å². The average Bonchev–Trinajstić information content (AvgIpc) is 2.96. The molecule has 0 fully saturated rings. The Hall–Kier alpha value is -2.11. The summed E-state index contributed by atoms with van der Waals surface area (Å²) >= 11 is 0. The molecule has 1 heterocycles. The van der Waals surface area contributed by atoms with Gasteiger partial charge >= 0.3 is 0 Å². The molecule has 179 valence electrons. The van der Waals surface area contributed by atoms with Gasteiger partial charge in [0.2, 0.25) is 0 Å². The number of methoxy groups -OCH3 is 1. The molecule has 0 spiro atoms. The van der Waals surface area contributed by atoms with Gasteiger partial charge in [0.1, 0.15) is 0 Å². The minimum Gasteiger partial charge on any atom is -0.486 e. The number of hydrogen-bond donors (Lipinski definition) is 2. The molecule has 0 amide bonds. The van der Waals surface area contributed by atoms with E-state index in [-0.39, 0.29) is 37.7 Å². The van der Waals surface area contributed by atoms with Crippen LogP contribution in [0.4, 0.5) is 0 Å². The fourth-order valence-electron chi connectivity index (χ4n) is 4.17. The van der Waals surface area contributed by atoms with Crippen LogP contribution in [-0.2, 0) is 25.5 Å². The summed E-state index contributed by atoms with van der Waals surface area (Å²) in [4.78, 5) is 9.25. The molecule has 0 saturated heterocycles.